The lowest BCUT2D eigenvalue weighted by Crippen LogP contribution is -2.36. The highest BCUT2D eigenvalue weighted by Gasteiger charge is 2.15. The SMILES string of the molecule is NCCCN(C(=O)Nc1ccccc1)c1ccc(F)cc1. The summed E-state index contributed by atoms with van der Waals surface area (Å²) < 4.78 is 13.0. The number of hydrogen-bond donors (Lipinski definition) is 2. The maximum atomic E-state index is 13.0. The predicted molar refractivity (Wildman–Crippen MR) is 82.9 cm³/mol. The van der Waals surface area contributed by atoms with Gasteiger partial charge < -0.3 is 11.1 Å². The minimum absolute atomic E-state index is 0.263. The van der Waals surface area contributed by atoms with Crippen LogP contribution in [0.3, 0.4) is 0 Å². The van der Waals surface area contributed by atoms with E-state index in [4.69, 9.17) is 5.73 Å². The average Bonchev–Trinajstić information content (AvgIpc) is 2.50. The number of nitrogens with two attached hydrogens (primary N) is 1. The van der Waals surface area contributed by atoms with Crippen molar-refractivity contribution in [2.24, 2.45) is 5.73 Å². The average molecular weight is 287 g/mol. The molecule has 2 amide bonds. The monoisotopic (exact) mass is 287 g/mol. The van der Waals surface area contributed by atoms with Crippen molar-refractivity contribution in [1.82, 2.24) is 0 Å². The number of benzene rings is 2. The summed E-state index contributed by atoms with van der Waals surface area (Å²) in [7, 11) is 0. The summed E-state index contributed by atoms with van der Waals surface area (Å²) >= 11 is 0. The van der Waals surface area contributed by atoms with E-state index in [1.54, 1.807) is 17.0 Å². The second-order valence-corrected chi connectivity index (χ2v) is 4.57. The summed E-state index contributed by atoms with van der Waals surface area (Å²) in [5.41, 5.74) is 6.86. The van der Waals surface area contributed by atoms with E-state index in [-0.39, 0.29) is 11.8 Å². The Hall–Kier alpha value is -2.40. The lowest BCUT2D eigenvalue weighted by Gasteiger charge is -2.23. The first kappa shape index (κ1) is 15.0. The summed E-state index contributed by atoms with van der Waals surface area (Å²) in [4.78, 5) is 13.9. The van der Waals surface area contributed by atoms with Crippen molar-refractivity contribution in [2.75, 3.05) is 23.3 Å². The van der Waals surface area contributed by atoms with E-state index in [0.717, 1.165) is 0 Å². The maximum Gasteiger partial charge on any atom is 0.326 e. The largest absolute Gasteiger partial charge is 0.330 e. The number of carbonyl (C=O) groups is 1. The summed E-state index contributed by atoms with van der Waals surface area (Å²) in [6.07, 6.45) is 0.666. The fraction of sp³-hybridized carbons (Fsp3) is 0.188. The van der Waals surface area contributed by atoms with Crippen LogP contribution >= 0.6 is 0 Å². The van der Waals surface area contributed by atoms with Crippen molar-refractivity contribution in [3.8, 4) is 0 Å². The molecule has 5 heteroatoms. The van der Waals surface area contributed by atoms with Crippen LogP contribution in [0.2, 0.25) is 0 Å². The molecular formula is C16H18FN3O. The molecule has 0 aliphatic carbocycles. The zero-order chi connectivity index (χ0) is 15.1. The van der Waals surface area contributed by atoms with Gasteiger partial charge in [-0.2, -0.15) is 0 Å². The highest BCUT2D eigenvalue weighted by Crippen LogP contribution is 2.17. The number of rotatable bonds is 5. The second-order valence-electron chi connectivity index (χ2n) is 4.57. The molecule has 0 saturated carbocycles. The Morgan fingerprint density at radius 3 is 2.38 bits per heavy atom. The lowest BCUT2D eigenvalue weighted by atomic mass is 10.2. The van der Waals surface area contributed by atoms with Crippen LogP contribution < -0.4 is 16.0 Å². The molecule has 0 spiro atoms. The van der Waals surface area contributed by atoms with Gasteiger partial charge in [0.05, 0.1) is 0 Å². The van der Waals surface area contributed by atoms with Crippen LogP contribution in [0.15, 0.2) is 54.6 Å². The van der Waals surface area contributed by atoms with Gasteiger partial charge in [-0.1, -0.05) is 18.2 Å². The topological polar surface area (TPSA) is 58.4 Å². The van der Waals surface area contributed by atoms with Crippen LogP contribution in [-0.4, -0.2) is 19.1 Å². The summed E-state index contributed by atoms with van der Waals surface area (Å²) in [6, 6.07) is 14.7. The number of carbonyl (C=O) groups excluding carboxylic acids is 1. The maximum absolute atomic E-state index is 13.0. The molecule has 2 rings (SSSR count). The number of anilines is 2. The van der Waals surface area contributed by atoms with Gasteiger partial charge >= 0.3 is 6.03 Å². The normalized spacial score (nSPS) is 10.2. The molecule has 0 atom stereocenters. The van der Waals surface area contributed by atoms with Crippen molar-refractivity contribution in [3.63, 3.8) is 0 Å². The van der Waals surface area contributed by atoms with Gasteiger partial charge in [0.15, 0.2) is 0 Å². The third-order valence-corrected chi connectivity index (χ3v) is 2.99. The highest BCUT2D eigenvalue weighted by molar-refractivity contribution is 6.01. The first-order valence-corrected chi connectivity index (χ1v) is 6.80. The number of para-hydroxylation sites is 1. The van der Waals surface area contributed by atoms with Crippen molar-refractivity contribution >= 4 is 17.4 Å². The van der Waals surface area contributed by atoms with Gasteiger partial charge in [0.1, 0.15) is 5.82 Å². The van der Waals surface area contributed by atoms with Crippen LogP contribution in [0.4, 0.5) is 20.6 Å². The second kappa shape index (κ2) is 7.40. The Morgan fingerprint density at radius 2 is 1.76 bits per heavy atom. The number of amides is 2. The molecule has 0 bridgehead atoms. The molecule has 3 N–H and O–H groups in total. The number of nitrogens with zero attached hydrogens (tertiary/aromatic N) is 1. The van der Waals surface area contributed by atoms with Gasteiger partial charge in [0.25, 0.3) is 0 Å². The molecule has 0 radical (unpaired) electrons. The molecule has 0 fully saturated rings. The number of urea groups is 1. The molecule has 4 nitrogen and oxygen atoms in total. The number of hydrogen-bond acceptors (Lipinski definition) is 2. The first-order chi connectivity index (χ1) is 10.2. The smallest absolute Gasteiger partial charge is 0.326 e. The molecule has 21 heavy (non-hydrogen) atoms. The third kappa shape index (κ3) is 4.29. The Balaban J connectivity index is 2.15. The van der Waals surface area contributed by atoms with Gasteiger partial charge in [0.2, 0.25) is 0 Å². The fourth-order valence-corrected chi connectivity index (χ4v) is 1.93. The zero-order valence-electron chi connectivity index (χ0n) is 11.6. The molecule has 0 aromatic heterocycles. The molecule has 0 aliphatic rings. The molecule has 0 aliphatic heterocycles. The van der Waals surface area contributed by atoms with Crippen molar-refractivity contribution in [1.29, 1.82) is 0 Å². The van der Waals surface area contributed by atoms with Crippen molar-refractivity contribution in [2.45, 2.75) is 6.42 Å². The van der Waals surface area contributed by atoms with Crippen molar-refractivity contribution in [3.05, 3.63) is 60.4 Å². The zero-order valence-corrected chi connectivity index (χ0v) is 11.6. The minimum Gasteiger partial charge on any atom is -0.330 e. The van der Waals surface area contributed by atoms with E-state index < -0.39 is 0 Å². The minimum atomic E-state index is -0.332. The Kier molecular flexibility index (Phi) is 5.29. The van der Waals surface area contributed by atoms with Crippen LogP contribution in [0.5, 0.6) is 0 Å². The first-order valence-electron chi connectivity index (χ1n) is 6.80. The van der Waals surface area contributed by atoms with E-state index >= 15 is 0 Å². The van der Waals surface area contributed by atoms with E-state index in [2.05, 4.69) is 5.32 Å². The summed E-state index contributed by atoms with van der Waals surface area (Å²) in [5.74, 6) is -0.332. The van der Waals surface area contributed by atoms with Gasteiger partial charge in [-0.05, 0) is 49.4 Å². The van der Waals surface area contributed by atoms with Gasteiger partial charge in [-0.3, -0.25) is 4.90 Å². The Morgan fingerprint density at radius 1 is 1.10 bits per heavy atom. The Labute approximate surface area is 123 Å². The van der Waals surface area contributed by atoms with Crippen molar-refractivity contribution < 1.29 is 9.18 Å². The molecule has 0 heterocycles. The quantitative estimate of drug-likeness (QED) is 0.887. The fourth-order valence-electron chi connectivity index (χ4n) is 1.93. The Bertz CT molecular complexity index is 572. The molecule has 0 saturated heterocycles. The summed E-state index contributed by atoms with van der Waals surface area (Å²) in [6.45, 7) is 0.955. The van der Waals surface area contributed by atoms with E-state index in [9.17, 15) is 9.18 Å². The van der Waals surface area contributed by atoms with E-state index in [1.807, 2.05) is 30.3 Å². The highest BCUT2D eigenvalue weighted by atomic mass is 19.1. The standard InChI is InChI=1S/C16H18FN3O/c17-13-7-9-15(10-8-13)20(12-4-11-18)16(21)19-14-5-2-1-3-6-14/h1-3,5-10H,4,11-12,18H2,(H,19,21). The molecule has 0 unspecified atom stereocenters. The molecule has 2 aromatic carbocycles. The molecule has 2 aromatic rings. The van der Waals surface area contributed by atoms with E-state index in [0.29, 0.717) is 30.9 Å². The summed E-state index contributed by atoms with van der Waals surface area (Å²) in [5, 5.41) is 2.82. The lowest BCUT2D eigenvalue weighted by molar-refractivity contribution is 0.257. The number of nitrogens with one attached hydrogen (secondary N) is 1. The predicted octanol–water partition coefficient (Wildman–Crippen LogP) is 3.21. The van der Waals surface area contributed by atoms with Gasteiger partial charge in [0, 0.05) is 17.9 Å². The van der Waals surface area contributed by atoms with Gasteiger partial charge in [-0.25, -0.2) is 9.18 Å². The molecular weight excluding hydrogens is 269 g/mol. The van der Waals surface area contributed by atoms with Crippen LogP contribution in [-0.2, 0) is 0 Å². The van der Waals surface area contributed by atoms with E-state index in [1.165, 1.54) is 12.1 Å². The third-order valence-electron chi connectivity index (χ3n) is 2.99. The van der Waals surface area contributed by atoms with Crippen LogP contribution in [0.25, 0.3) is 0 Å². The van der Waals surface area contributed by atoms with Crippen LogP contribution in [0, 0.1) is 5.82 Å². The van der Waals surface area contributed by atoms with Crippen LogP contribution in [0.1, 0.15) is 6.42 Å². The molecule has 110 valence electrons. The van der Waals surface area contributed by atoms with Gasteiger partial charge in [-0.15, -0.1) is 0 Å². The number of halogens is 1.